The van der Waals surface area contributed by atoms with Gasteiger partial charge >= 0.3 is 5.97 Å². The van der Waals surface area contributed by atoms with Crippen molar-refractivity contribution >= 4 is 11.8 Å². The number of hydrogen-bond acceptors (Lipinski definition) is 3. The first-order valence-corrected chi connectivity index (χ1v) is 10.2. The molecule has 0 N–H and O–H groups in total. The van der Waals surface area contributed by atoms with E-state index in [4.69, 9.17) is 4.74 Å². The zero-order chi connectivity index (χ0) is 17.0. The van der Waals surface area contributed by atoms with Crippen molar-refractivity contribution in [2.24, 2.45) is 23.7 Å². The van der Waals surface area contributed by atoms with Gasteiger partial charge in [-0.3, -0.25) is 9.59 Å². The molecule has 0 aliphatic heterocycles. The number of ether oxygens (including phenoxy) is 1. The molecule has 4 fully saturated rings. The monoisotopic (exact) mass is 340 g/mol. The Kier molecular flexibility index (Phi) is 3.69. The molecule has 1 unspecified atom stereocenters. The van der Waals surface area contributed by atoms with Crippen LogP contribution < -0.4 is 0 Å². The highest BCUT2D eigenvalue weighted by atomic mass is 16.6. The smallest absolute Gasteiger partial charge is 0.309 e. The fourth-order valence-corrected chi connectivity index (χ4v) is 6.75. The van der Waals surface area contributed by atoms with E-state index in [0.717, 1.165) is 67.4 Å². The number of allylic oxidation sites excluding steroid dienone is 4. The zero-order valence-electron chi connectivity index (χ0n) is 15.0. The lowest BCUT2D eigenvalue weighted by Crippen LogP contribution is -2.53. The van der Waals surface area contributed by atoms with E-state index >= 15 is 0 Å². The molecule has 6 rings (SSSR count). The fraction of sp³-hybridized carbons (Fsp3) is 0.727. The van der Waals surface area contributed by atoms with Crippen LogP contribution in [0.2, 0.25) is 0 Å². The van der Waals surface area contributed by atoms with E-state index in [1.165, 1.54) is 19.3 Å². The van der Waals surface area contributed by atoms with Gasteiger partial charge in [-0.2, -0.15) is 0 Å². The Morgan fingerprint density at radius 1 is 1.08 bits per heavy atom. The number of Topliss-reactive ketones (excluding diaryl/α,β-unsaturated/α-hetero) is 1. The van der Waals surface area contributed by atoms with Crippen LogP contribution in [0.4, 0.5) is 0 Å². The molecule has 0 heterocycles. The van der Waals surface area contributed by atoms with E-state index in [-0.39, 0.29) is 23.3 Å². The van der Waals surface area contributed by atoms with Crippen molar-refractivity contribution in [2.75, 3.05) is 0 Å². The Hall–Kier alpha value is -1.38. The summed E-state index contributed by atoms with van der Waals surface area (Å²) in [6.07, 6.45) is 15.3. The fourth-order valence-electron chi connectivity index (χ4n) is 6.75. The second-order valence-electron chi connectivity index (χ2n) is 9.35. The van der Waals surface area contributed by atoms with E-state index in [1.807, 2.05) is 6.08 Å². The number of carbonyl (C=O) groups is 2. The van der Waals surface area contributed by atoms with Gasteiger partial charge in [0, 0.05) is 6.42 Å². The molecule has 6 aliphatic carbocycles. The van der Waals surface area contributed by atoms with Gasteiger partial charge in [0.1, 0.15) is 5.60 Å². The quantitative estimate of drug-likeness (QED) is 0.695. The lowest BCUT2D eigenvalue weighted by atomic mass is 9.54. The van der Waals surface area contributed by atoms with Gasteiger partial charge in [0.15, 0.2) is 5.78 Å². The summed E-state index contributed by atoms with van der Waals surface area (Å²) in [5.41, 5.74) is 1.93. The first kappa shape index (κ1) is 15.8. The van der Waals surface area contributed by atoms with Crippen molar-refractivity contribution < 1.29 is 14.3 Å². The minimum Gasteiger partial charge on any atom is -0.459 e. The standard InChI is InChI=1S/C22H28O3/c23-20-6-2-3-17-10-18(4-1-5-19(17)20)21(24)25-22-11-14-7-15(12-22)9-16(8-14)13-22/h2-3,14-16,18H,1,4-13H2. The summed E-state index contributed by atoms with van der Waals surface area (Å²) in [4.78, 5) is 25.2. The molecule has 1 atom stereocenters. The van der Waals surface area contributed by atoms with Crippen LogP contribution in [0, 0.1) is 23.7 Å². The predicted octanol–water partition coefficient (Wildman–Crippen LogP) is 4.51. The minimum absolute atomic E-state index is 0.0159. The summed E-state index contributed by atoms with van der Waals surface area (Å²) in [5.74, 6) is 2.59. The third-order valence-electron chi connectivity index (χ3n) is 7.42. The third-order valence-corrected chi connectivity index (χ3v) is 7.42. The van der Waals surface area contributed by atoms with Gasteiger partial charge in [-0.05, 0) is 93.1 Å². The highest BCUT2D eigenvalue weighted by Gasteiger charge is 2.53. The summed E-state index contributed by atoms with van der Waals surface area (Å²) >= 11 is 0. The molecular weight excluding hydrogens is 312 g/mol. The van der Waals surface area contributed by atoms with Gasteiger partial charge in [-0.15, -0.1) is 0 Å². The second-order valence-corrected chi connectivity index (χ2v) is 9.35. The summed E-state index contributed by atoms with van der Waals surface area (Å²) < 4.78 is 6.28. The Bertz CT molecular complexity index is 633. The second kappa shape index (κ2) is 5.82. The van der Waals surface area contributed by atoms with E-state index in [2.05, 4.69) is 6.08 Å². The third kappa shape index (κ3) is 2.80. The number of esters is 1. The average Bonchev–Trinajstić information content (AvgIpc) is 2.76. The van der Waals surface area contributed by atoms with E-state index < -0.39 is 0 Å². The largest absolute Gasteiger partial charge is 0.459 e. The molecule has 0 radical (unpaired) electrons. The predicted molar refractivity (Wildman–Crippen MR) is 94.7 cm³/mol. The molecule has 6 aliphatic rings. The van der Waals surface area contributed by atoms with Crippen molar-refractivity contribution in [2.45, 2.75) is 76.2 Å². The maximum atomic E-state index is 13.0. The van der Waals surface area contributed by atoms with E-state index in [9.17, 15) is 9.59 Å². The number of ketones is 1. The molecule has 3 nitrogen and oxygen atoms in total. The topological polar surface area (TPSA) is 43.4 Å². The van der Waals surface area contributed by atoms with Crippen molar-refractivity contribution in [3.63, 3.8) is 0 Å². The van der Waals surface area contributed by atoms with Crippen LogP contribution in [0.3, 0.4) is 0 Å². The minimum atomic E-state index is -0.145. The van der Waals surface area contributed by atoms with Gasteiger partial charge in [0.25, 0.3) is 0 Å². The van der Waals surface area contributed by atoms with Crippen molar-refractivity contribution in [1.82, 2.24) is 0 Å². The molecule has 4 bridgehead atoms. The van der Waals surface area contributed by atoms with Crippen LogP contribution >= 0.6 is 0 Å². The highest BCUT2D eigenvalue weighted by Crippen LogP contribution is 2.57. The van der Waals surface area contributed by atoms with Gasteiger partial charge < -0.3 is 4.74 Å². The zero-order valence-corrected chi connectivity index (χ0v) is 15.0. The summed E-state index contributed by atoms with van der Waals surface area (Å²) in [5, 5.41) is 0. The van der Waals surface area contributed by atoms with Crippen LogP contribution in [0.15, 0.2) is 23.3 Å². The highest BCUT2D eigenvalue weighted by molar-refractivity contribution is 5.98. The maximum Gasteiger partial charge on any atom is 0.309 e. The van der Waals surface area contributed by atoms with Crippen molar-refractivity contribution in [3.8, 4) is 0 Å². The summed E-state index contributed by atoms with van der Waals surface area (Å²) in [6.45, 7) is 0. The van der Waals surface area contributed by atoms with E-state index in [1.54, 1.807) is 0 Å². The Morgan fingerprint density at radius 3 is 2.44 bits per heavy atom. The van der Waals surface area contributed by atoms with Crippen molar-refractivity contribution in [3.05, 3.63) is 23.3 Å². The molecule has 0 aromatic carbocycles. The Balaban J connectivity index is 1.32. The molecule has 0 saturated heterocycles. The lowest BCUT2D eigenvalue weighted by molar-refractivity contribution is -0.191. The van der Waals surface area contributed by atoms with Gasteiger partial charge in [-0.25, -0.2) is 0 Å². The molecule has 134 valence electrons. The van der Waals surface area contributed by atoms with Crippen LogP contribution in [0.1, 0.15) is 70.6 Å². The first-order valence-electron chi connectivity index (χ1n) is 10.2. The van der Waals surface area contributed by atoms with Gasteiger partial charge in [0.2, 0.25) is 0 Å². The lowest BCUT2D eigenvalue weighted by Gasteiger charge is -2.55. The van der Waals surface area contributed by atoms with Crippen LogP contribution in [-0.4, -0.2) is 17.4 Å². The van der Waals surface area contributed by atoms with E-state index in [0.29, 0.717) is 12.8 Å². The van der Waals surface area contributed by atoms with Gasteiger partial charge in [-0.1, -0.05) is 12.2 Å². The number of carbonyl (C=O) groups excluding carboxylic acids is 2. The number of hydrogen-bond donors (Lipinski definition) is 0. The average molecular weight is 340 g/mol. The number of rotatable bonds is 2. The molecule has 0 spiro atoms. The maximum absolute atomic E-state index is 13.0. The van der Waals surface area contributed by atoms with Crippen molar-refractivity contribution in [1.29, 1.82) is 0 Å². The van der Waals surface area contributed by atoms with Gasteiger partial charge in [0.05, 0.1) is 5.92 Å². The summed E-state index contributed by atoms with van der Waals surface area (Å²) in [7, 11) is 0. The van der Waals surface area contributed by atoms with Crippen LogP contribution in [-0.2, 0) is 14.3 Å². The molecule has 4 saturated carbocycles. The SMILES string of the molecule is O=C1CC=CC2=C1CCCC(C(=O)OC13CC4CC(CC(C4)C1)C3)C2. The Labute approximate surface area is 149 Å². The summed E-state index contributed by atoms with van der Waals surface area (Å²) in [6, 6.07) is 0. The molecule has 0 aromatic heterocycles. The molecule has 25 heavy (non-hydrogen) atoms. The molecule has 0 aromatic rings. The molecule has 3 heteroatoms. The first-order chi connectivity index (χ1) is 12.1. The van der Waals surface area contributed by atoms with Crippen LogP contribution in [0.5, 0.6) is 0 Å². The molecular formula is C22H28O3. The van der Waals surface area contributed by atoms with Crippen LogP contribution in [0.25, 0.3) is 0 Å². The Morgan fingerprint density at radius 2 is 1.76 bits per heavy atom. The normalized spacial score (nSPS) is 42.3. The molecule has 0 amide bonds.